The molecule has 0 radical (unpaired) electrons. The molecule has 0 heterocycles. The lowest BCUT2D eigenvalue weighted by Crippen LogP contribution is -2.30. The van der Waals surface area contributed by atoms with Crippen LogP contribution in [0.25, 0.3) is 0 Å². The second-order valence-corrected chi connectivity index (χ2v) is 25.2. The highest BCUT2D eigenvalue weighted by atomic mass is 16.6. The average molecular weight is 1130 g/mol. The minimum Gasteiger partial charge on any atom is -0.462 e. The highest BCUT2D eigenvalue weighted by Gasteiger charge is 2.20. The number of hydrogen-bond donors (Lipinski definition) is 0. The van der Waals surface area contributed by atoms with E-state index in [1.54, 1.807) is 0 Å². The average Bonchev–Trinajstić information content (AvgIpc) is 3.46. The molecule has 0 aliphatic carbocycles. The summed E-state index contributed by atoms with van der Waals surface area (Å²) in [4.78, 5) is 38.5. The molecular weight excluding hydrogens is 985 g/mol. The molecule has 0 saturated carbocycles. The van der Waals surface area contributed by atoms with Crippen LogP contribution in [-0.2, 0) is 28.6 Å². The van der Waals surface area contributed by atoms with Crippen molar-refractivity contribution in [1.82, 2.24) is 0 Å². The van der Waals surface area contributed by atoms with Crippen molar-refractivity contribution in [2.24, 2.45) is 0 Å². The molecule has 0 N–H and O–H groups in total. The first-order valence-electron chi connectivity index (χ1n) is 36.7. The van der Waals surface area contributed by atoms with Crippen LogP contribution in [0.2, 0.25) is 0 Å². The van der Waals surface area contributed by atoms with Crippen LogP contribution in [0, 0.1) is 0 Å². The molecule has 474 valence electrons. The van der Waals surface area contributed by atoms with Crippen LogP contribution in [0.4, 0.5) is 0 Å². The molecule has 0 aromatic carbocycles. The van der Waals surface area contributed by atoms with E-state index in [0.29, 0.717) is 19.3 Å². The highest BCUT2D eigenvalue weighted by molar-refractivity contribution is 5.71. The summed E-state index contributed by atoms with van der Waals surface area (Å²) >= 11 is 0. The van der Waals surface area contributed by atoms with E-state index in [4.69, 9.17) is 14.2 Å². The third-order valence-corrected chi connectivity index (χ3v) is 17.0. The van der Waals surface area contributed by atoms with Crippen molar-refractivity contribution in [2.75, 3.05) is 13.2 Å². The Bertz CT molecular complexity index is 1250. The van der Waals surface area contributed by atoms with Gasteiger partial charge >= 0.3 is 17.9 Å². The lowest BCUT2D eigenvalue weighted by Gasteiger charge is -2.18. The van der Waals surface area contributed by atoms with Gasteiger partial charge in [0.05, 0.1) is 0 Å². The molecule has 6 nitrogen and oxygen atoms in total. The van der Waals surface area contributed by atoms with Gasteiger partial charge in [-0.1, -0.05) is 373 Å². The van der Waals surface area contributed by atoms with E-state index in [9.17, 15) is 14.4 Å². The lowest BCUT2D eigenvalue weighted by molar-refractivity contribution is -0.167. The van der Waals surface area contributed by atoms with Crippen LogP contribution in [-0.4, -0.2) is 37.2 Å². The van der Waals surface area contributed by atoms with Gasteiger partial charge in [0.15, 0.2) is 6.10 Å². The SMILES string of the molecule is CCCCCCCCCC/C=C\CCCCCCCCCCCC(=O)OC(COC(=O)CCCCCCCCCCCCCCCC)COC(=O)CCCCCCCCCCCCCCCCCCCCCCCCCCCCC. The zero-order chi connectivity index (χ0) is 57.8. The number of hydrogen-bond acceptors (Lipinski definition) is 6. The Hall–Kier alpha value is -1.85. The molecule has 0 spiro atoms. The first-order chi connectivity index (χ1) is 39.5. The molecule has 0 aliphatic rings. The molecular formula is C74H142O6. The normalized spacial score (nSPS) is 12.0. The Morgan fingerprint density at radius 2 is 0.412 bits per heavy atom. The van der Waals surface area contributed by atoms with Crippen LogP contribution in [0.5, 0.6) is 0 Å². The fourth-order valence-corrected chi connectivity index (χ4v) is 11.5. The van der Waals surface area contributed by atoms with Gasteiger partial charge in [-0.2, -0.15) is 0 Å². The molecule has 0 rings (SSSR count). The van der Waals surface area contributed by atoms with Crippen molar-refractivity contribution in [2.45, 2.75) is 431 Å². The van der Waals surface area contributed by atoms with Crippen LogP contribution in [0.1, 0.15) is 425 Å². The summed E-state index contributed by atoms with van der Waals surface area (Å²) in [5.41, 5.74) is 0. The molecule has 1 atom stereocenters. The summed E-state index contributed by atoms with van der Waals surface area (Å²) in [6, 6.07) is 0. The van der Waals surface area contributed by atoms with Gasteiger partial charge in [-0.15, -0.1) is 0 Å². The molecule has 0 saturated heterocycles. The van der Waals surface area contributed by atoms with E-state index in [-0.39, 0.29) is 31.1 Å². The second-order valence-electron chi connectivity index (χ2n) is 25.2. The van der Waals surface area contributed by atoms with Crippen LogP contribution in [0.15, 0.2) is 12.2 Å². The lowest BCUT2D eigenvalue weighted by atomic mass is 10.0. The molecule has 6 heteroatoms. The minimum absolute atomic E-state index is 0.0637. The van der Waals surface area contributed by atoms with Gasteiger partial charge in [0, 0.05) is 19.3 Å². The highest BCUT2D eigenvalue weighted by Crippen LogP contribution is 2.19. The van der Waals surface area contributed by atoms with E-state index in [1.807, 2.05) is 0 Å². The Morgan fingerprint density at radius 1 is 0.237 bits per heavy atom. The Balaban J connectivity index is 4.20. The predicted octanol–water partition coefficient (Wildman–Crippen LogP) is 25.2. The van der Waals surface area contributed by atoms with Crippen molar-refractivity contribution in [3.8, 4) is 0 Å². The van der Waals surface area contributed by atoms with Gasteiger partial charge in [0.2, 0.25) is 0 Å². The first kappa shape index (κ1) is 78.1. The monoisotopic (exact) mass is 1130 g/mol. The van der Waals surface area contributed by atoms with Crippen molar-refractivity contribution in [1.29, 1.82) is 0 Å². The van der Waals surface area contributed by atoms with Gasteiger partial charge in [-0.25, -0.2) is 0 Å². The standard InChI is InChI=1S/C74H142O6/c1-4-7-10-13-16-19-22-25-28-30-32-34-35-36-37-38-39-41-42-44-46-49-52-55-58-61-64-67-73(76)79-70-71(69-78-72(75)66-63-60-57-54-51-48-27-24-21-18-15-12-9-6-3)80-74(77)68-65-62-59-56-53-50-47-45-43-40-33-31-29-26-23-20-17-14-11-8-5-2/h31,33,71H,4-30,32,34-70H2,1-3H3/b33-31-. The molecule has 0 aliphatic heterocycles. The van der Waals surface area contributed by atoms with Gasteiger partial charge in [0.1, 0.15) is 13.2 Å². The summed E-state index contributed by atoms with van der Waals surface area (Å²) in [6.45, 7) is 6.73. The summed E-state index contributed by atoms with van der Waals surface area (Å²) < 4.78 is 17.0. The van der Waals surface area contributed by atoms with Crippen molar-refractivity contribution >= 4 is 17.9 Å². The number of ether oxygens (including phenoxy) is 3. The van der Waals surface area contributed by atoms with E-state index in [1.165, 1.54) is 327 Å². The predicted molar refractivity (Wildman–Crippen MR) is 349 cm³/mol. The molecule has 1 unspecified atom stereocenters. The Morgan fingerprint density at radius 3 is 0.625 bits per heavy atom. The number of allylic oxidation sites excluding steroid dienone is 2. The fraction of sp³-hybridized carbons (Fsp3) is 0.932. The molecule has 0 amide bonds. The molecule has 80 heavy (non-hydrogen) atoms. The zero-order valence-corrected chi connectivity index (χ0v) is 54.6. The van der Waals surface area contributed by atoms with E-state index in [0.717, 1.165) is 57.8 Å². The van der Waals surface area contributed by atoms with E-state index < -0.39 is 6.10 Å². The smallest absolute Gasteiger partial charge is 0.306 e. The van der Waals surface area contributed by atoms with Crippen LogP contribution >= 0.6 is 0 Å². The number of esters is 3. The number of unbranched alkanes of at least 4 members (excludes halogenated alkanes) is 56. The maximum atomic E-state index is 13.0. The third kappa shape index (κ3) is 66.9. The first-order valence-corrected chi connectivity index (χ1v) is 36.7. The topological polar surface area (TPSA) is 78.9 Å². The number of rotatable bonds is 69. The van der Waals surface area contributed by atoms with Crippen LogP contribution < -0.4 is 0 Å². The zero-order valence-electron chi connectivity index (χ0n) is 54.6. The third-order valence-electron chi connectivity index (χ3n) is 17.0. The second kappa shape index (κ2) is 69.6. The van der Waals surface area contributed by atoms with Gasteiger partial charge in [-0.3, -0.25) is 14.4 Å². The number of carbonyl (C=O) groups is 3. The molecule has 0 bridgehead atoms. The van der Waals surface area contributed by atoms with E-state index >= 15 is 0 Å². The maximum absolute atomic E-state index is 13.0. The molecule has 0 fully saturated rings. The van der Waals surface area contributed by atoms with Crippen molar-refractivity contribution < 1.29 is 28.6 Å². The fourth-order valence-electron chi connectivity index (χ4n) is 11.5. The largest absolute Gasteiger partial charge is 0.462 e. The maximum Gasteiger partial charge on any atom is 0.306 e. The number of carbonyl (C=O) groups excluding carboxylic acids is 3. The van der Waals surface area contributed by atoms with Gasteiger partial charge in [0.25, 0.3) is 0 Å². The van der Waals surface area contributed by atoms with Crippen molar-refractivity contribution in [3.63, 3.8) is 0 Å². The summed E-state index contributed by atoms with van der Waals surface area (Å²) in [7, 11) is 0. The minimum atomic E-state index is -0.768. The summed E-state index contributed by atoms with van der Waals surface area (Å²) in [6.07, 6.45) is 84.0. The van der Waals surface area contributed by atoms with Gasteiger partial charge in [-0.05, 0) is 44.9 Å². The summed E-state index contributed by atoms with van der Waals surface area (Å²) in [5.74, 6) is -0.828. The Labute approximate surface area is 501 Å². The van der Waals surface area contributed by atoms with Gasteiger partial charge < -0.3 is 14.2 Å². The van der Waals surface area contributed by atoms with Crippen LogP contribution in [0.3, 0.4) is 0 Å². The molecule has 0 aromatic rings. The molecule has 0 aromatic heterocycles. The Kier molecular flexibility index (Phi) is 68.0. The van der Waals surface area contributed by atoms with E-state index in [2.05, 4.69) is 32.9 Å². The quantitative estimate of drug-likeness (QED) is 0.0261. The summed E-state index contributed by atoms with van der Waals surface area (Å²) in [5, 5.41) is 0. The van der Waals surface area contributed by atoms with Crippen molar-refractivity contribution in [3.05, 3.63) is 12.2 Å².